The van der Waals surface area contributed by atoms with E-state index >= 15 is 0 Å². The van der Waals surface area contributed by atoms with Crippen molar-refractivity contribution in [2.24, 2.45) is 0 Å². The van der Waals surface area contributed by atoms with E-state index in [1.807, 2.05) is 54.7 Å². The van der Waals surface area contributed by atoms with Gasteiger partial charge in [-0.25, -0.2) is 4.39 Å². The van der Waals surface area contributed by atoms with Gasteiger partial charge in [0, 0.05) is 37.9 Å². The van der Waals surface area contributed by atoms with Crippen molar-refractivity contribution in [3.8, 4) is 22.5 Å². The van der Waals surface area contributed by atoms with Gasteiger partial charge in [0.25, 0.3) is 0 Å². The Kier molecular flexibility index (Phi) is 9.88. The topological polar surface area (TPSA) is 38.9 Å². The molecule has 7 aromatic rings. The van der Waals surface area contributed by atoms with Gasteiger partial charge >= 0.3 is 0 Å². The summed E-state index contributed by atoms with van der Waals surface area (Å²) < 4.78 is 19.6. The van der Waals surface area contributed by atoms with Crippen LogP contribution in [-0.4, -0.2) is 18.0 Å². The van der Waals surface area contributed by atoms with Crippen molar-refractivity contribution in [1.29, 1.82) is 0 Å². The van der Waals surface area contributed by atoms with E-state index in [1.54, 1.807) is 0 Å². The van der Waals surface area contributed by atoms with E-state index in [2.05, 4.69) is 91.1 Å². The molecule has 6 heteroatoms. The Labute approximate surface area is 278 Å². The number of furan rings is 1. The molecule has 7 rings (SSSR count). The molecular formula is C39H33FIrN2OSi-2. The number of nitrogens with zero attached hydrogens (tertiary/aromatic N) is 2. The fraction of sp³-hybridized carbons (Fsp3) is 0.128. The molecule has 0 aliphatic rings. The van der Waals surface area contributed by atoms with E-state index in [9.17, 15) is 4.39 Å². The Bertz CT molecular complexity index is 2030. The van der Waals surface area contributed by atoms with Crippen LogP contribution in [0.25, 0.3) is 44.5 Å². The smallest absolute Gasteiger partial charge is 0.121 e. The first-order chi connectivity index (χ1) is 21.2. The third-order valence-electron chi connectivity index (χ3n) is 7.62. The molecule has 0 fully saturated rings. The predicted octanol–water partition coefficient (Wildman–Crippen LogP) is 9.58. The number of fused-ring (bicyclic) bond motifs is 3. The minimum Gasteiger partial charge on any atom is -0.500 e. The van der Waals surface area contributed by atoms with Gasteiger partial charge in [-0.3, -0.25) is 0 Å². The van der Waals surface area contributed by atoms with Crippen molar-refractivity contribution in [3.63, 3.8) is 0 Å². The second kappa shape index (κ2) is 13.8. The van der Waals surface area contributed by atoms with Crippen LogP contribution < -0.4 is 5.19 Å². The van der Waals surface area contributed by atoms with Crippen LogP contribution in [0.5, 0.6) is 0 Å². The standard InChI is InChI=1S/C24H15FNO.C15H18NSi.Ir/c25-19-11-12-26-21(15-19)17-9-10-22-20(14-17)24-18(7-4-8-23(24)27-22)13-16-5-2-1-3-6-16;1-12-5-7-13(8-6-12)15-10-9-14(11-16-15)17(2,3)4;/h1-8,10-12,14-15H,13H2;5-7,9-11H,1-4H3;/q2*-1;. The maximum absolute atomic E-state index is 13.6. The van der Waals surface area contributed by atoms with Crippen molar-refractivity contribution in [2.75, 3.05) is 0 Å². The molecule has 3 nitrogen and oxygen atoms in total. The summed E-state index contributed by atoms with van der Waals surface area (Å²) in [5.74, 6) is -0.310. The van der Waals surface area contributed by atoms with Gasteiger partial charge in [-0.15, -0.1) is 59.2 Å². The van der Waals surface area contributed by atoms with Gasteiger partial charge in [0.05, 0.1) is 13.7 Å². The summed E-state index contributed by atoms with van der Waals surface area (Å²) in [6.07, 6.45) is 4.31. The van der Waals surface area contributed by atoms with Crippen LogP contribution in [-0.2, 0) is 26.5 Å². The molecule has 0 saturated heterocycles. The molecule has 3 aromatic heterocycles. The second-order valence-corrected chi connectivity index (χ2v) is 17.1. The zero-order valence-corrected chi connectivity index (χ0v) is 29.1. The average molecular weight is 785 g/mol. The molecule has 0 spiro atoms. The summed E-state index contributed by atoms with van der Waals surface area (Å²) in [5.41, 5.74) is 8.67. The summed E-state index contributed by atoms with van der Waals surface area (Å²) in [4.78, 5) is 8.82. The molecule has 0 amide bonds. The molecule has 0 aliphatic carbocycles. The molecule has 0 atom stereocenters. The molecule has 227 valence electrons. The number of pyridine rings is 2. The van der Waals surface area contributed by atoms with E-state index in [1.165, 1.54) is 40.2 Å². The number of benzene rings is 4. The monoisotopic (exact) mass is 785 g/mol. The number of hydrogen-bond donors (Lipinski definition) is 0. The first-order valence-electron chi connectivity index (χ1n) is 14.7. The molecule has 3 heterocycles. The summed E-state index contributed by atoms with van der Waals surface area (Å²) in [5, 5.41) is 3.48. The second-order valence-electron chi connectivity index (χ2n) is 12.0. The number of aryl methyl sites for hydroxylation is 1. The predicted molar refractivity (Wildman–Crippen MR) is 181 cm³/mol. The van der Waals surface area contributed by atoms with E-state index in [4.69, 9.17) is 4.42 Å². The van der Waals surface area contributed by atoms with Gasteiger partial charge < -0.3 is 14.4 Å². The summed E-state index contributed by atoms with van der Waals surface area (Å²) >= 11 is 0. The Balaban J connectivity index is 0.000000193. The van der Waals surface area contributed by atoms with Gasteiger partial charge in [-0.1, -0.05) is 86.5 Å². The van der Waals surface area contributed by atoms with Crippen LogP contribution >= 0.6 is 0 Å². The Hall–Kier alpha value is -4.22. The fourth-order valence-corrected chi connectivity index (χ4v) is 6.20. The quantitative estimate of drug-likeness (QED) is 0.129. The van der Waals surface area contributed by atoms with E-state index in [0.717, 1.165) is 45.2 Å². The van der Waals surface area contributed by atoms with Gasteiger partial charge in [0.2, 0.25) is 0 Å². The van der Waals surface area contributed by atoms with Crippen molar-refractivity contribution < 1.29 is 28.9 Å². The first-order valence-corrected chi connectivity index (χ1v) is 18.2. The molecule has 0 saturated carbocycles. The van der Waals surface area contributed by atoms with Crippen LogP contribution in [0.3, 0.4) is 0 Å². The fourth-order valence-electron chi connectivity index (χ4n) is 5.17. The molecule has 1 radical (unpaired) electrons. The zero-order valence-electron chi connectivity index (χ0n) is 25.7. The average Bonchev–Trinajstić information content (AvgIpc) is 3.41. The summed E-state index contributed by atoms with van der Waals surface area (Å²) in [6.45, 7) is 9.08. The zero-order chi connectivity index (χ0) is 30.7. The molecule has 0 N–H and O–H groups in total. The minimum atomic E-state index is -1.24. The SMILES string of the molecule is Cc1c[c-]c(-c2ccc([Si](C)(C)C)cn2)cc1.Fc1ccnc(-c2[c-]cc3oc4cccc(Cc5ccccc5)c4c3c2)c1.[Ir]. The number of aromatic nitrogens is 2. The molecule has 0 aliphatic heterocycles. The molecule has 0 bridgehead atoms. The van der Waals surface area contributed by atoms with Gasteiger partial charge in [-0.05, 0) is 52.3 Å². The molecular weight excluding hydrogens is 752 g/mol. The van der Waals surface area contributed by atoms with Crippen molar-refractivity contribution in [2.45, 2.75) is 33.0 Å². The van der Waals surface area contributed by atoms with Crippen molar-refractivity contribution >= 4 is 35.2 Å². The van der Waals surface area contributed by atoms with Crippen LogP contribution in [0.4, 0.5) is 4.39 Å². The Morgan fingerprint density at radius 3 is 2.24 bits per heavy atom. The number of halogens is 1. The first kappa shape index (κ1) is 32.2. The summed E-state index contributed by atoms with van der Waals surface area (Å²) in [7, 11) is -1.24. The Morgan fingerprint density at radius 1 is 0.756 bits per heavy atom. The number of rotatable bonds is 5. The minimum absolute atomic E-state index is 0. The largest absolute Gasteiger partial charge is 0.500 e. The third-order valence-corrected chi connectivity index (χ3v) is 9.65. The van der Waals surface area contributed by atoms with E-state index in [-0.39, 0.29) is 25.9 Å². The van der Waals surface area contributed by atoms with Crippen LogP contribution in [0.2, 0.25) is 19.6 Å². The van der Waals surface area contributed by atoms with Gasteiger partial charge in [-0.2, -0.15) is 0 Å². The summed E-state index contributed by atoms with van der Waals surface area (Å²) in [6, 6.07) is 39.9. The van der Waals surface area contributed by atoms with Crippen LogP contribution in [0, 0.1) is 24.9 Å². The number of hydrogen-bond acceptors (Lipinski definition) is 3. The van der Waals surface area contributed by atoms with Crippen molar-refractivity contribution in [1.82, 2.24) is 9.97 Å². The van der Waals surface area contributed by atoms with Gasteiger partial charge in [0.1, 0.15) is 11.4 Å². The normalized spacial score (nSPS) is 11.1. The maximum Gasteiger partial charge on any atom is 0.121 e. The van der Waals surface area contributed by atoms with E-state index < -0.39 is 8.07 Å². The van der Waals surface area contributed by atoms with Crippen LogP contribution in [0.1, 0.15) is 16.7 Å². The maximum atomic E-state index is 13.6. The molecule has 0 unspecified atom stereocenters. The van der Waals surface area contributed by atoms with Gasteiger partial charge in [0.15, 0.2) is 0 Å². The third kappa shape index (κ3) is 7.54. The van der Waals surface area contributed by atoms with Crippen molar-refractivity contribution in [3.05, 3.63) is 150 Å². The Morgan fingerprint density at radius 2 is 1.56 bits per heavy atom. The van der Waals surface area contributed by atoms with Crippen LogP contribution in [0.15, 0.2) is 120 Å². The molecule has 45 heavy (non-hydrogen) atoms. The van der Waals surface area contributed by atoms with E-state index in [0.29, 0.717) is 5.69 Å². The molecule has 4 aromatic carbocycles.